The summed E-state index contributed by atoms with van der Waals surface area (Å²) in [6.45, 7) is 0.325. The first-order valence-corrected chi connectivity index (χ1v) is 13.1. The Hall–Kier alpha value is -3.07. The van der Waals surface area contributed by atoms with Gasteiger partial charge in [-0.25, -0.2) is 4.98 Å². The molecule has 34 heavy (non-hydrogen) atoms. The van der Waals surface area contributed by atoms with Gasteiger partial charge in [-0.2, -0.15) is 0 Å². The van der Waals surface area contributed by atoms with Gasteiger partial charge in [-0.05, 0) is 24.7 Å². The number of hydrogen-bond acceptors (Lipinski definition) is 7. The van der Waals surface area contributed by atoms with Crippen LogP contribution in [0.4, 0.5) is 0 Å². The van der Waals surface area contributed by atoms with E-state index in [-0.39, 0.29) is 17.4 Å². The molecule has 3 aromatic rings. The third-order valence-corrected chi connectivity index (χ3v) is 8.05. The fourth-order valence-corrected chi connectivity index (χ4v) is 5.89. The van der Waals surface area contributed by atoms with Crippen LogP contribution in [-0.4, -0.2) is 49.5 Å². The summed E-state index contributed by atoms with van der Waals surface area (Å²) in [5, 5.41) is 13.8. The summed E-state index contributed by atoms with van der Waals surface area (Å²) in [6.07, 6.45) is 7.61. The standard InChI is InChI=1S/C25H30N2O6S/c1-30-19-14-17(15-20(31-2)22(19)32-3)33-12-13-34(4)23-21(28)18-10-7-11-26-24(18)27(25(23)29)16-8-5-6-9-16/h7,10-11,14-16H,5-6,8-9,12-13H2,1-4H3. The molecule has 182 valence electrons. The maximum absolute atomic E-state index is 13.5. The number of hydrogen-bond donors (Lipinski definition) is 0. The summed E-state index contributed by atoms with van der Waals surface area (Å²) in [6, 6.07) is 7.06. The quantitative estimate of drug-likeness (QED) is 0.428. The Balaban J connectivity index is 1.59. The topological polar surface area (TPSA) is 94.9 Å². The van der Waals surface area contributed by atoms with E-state index in [9.17, 15) is 9.90 Å². The van der Waals surface area contributed by atoms with E-state index in [2.05, 4.69) is 4.98 Å². The molecule has 1 atom stereocenters. The van der Waals surface area contributed by atoms with Crippen LogP contribution >= 0.6 is 0 Å². The molecule has 4 rings (SSSR count). The number of rotatable bonds is 9. The van der Waals surface area contributed by atoms with Crippen molar-refractivity contribution in [3.8, 4) is 28.7 Å². The number of ether oxygens (including phenoxy) is 4. The highest BCUT2D eigenvalue weighted by atomic mass is 32.2. The molecular weight excluding hydrogens is 456 g/mol. The molecule has 2 aromatic heterocycles. The van der Waals surface area contributed by atoms with Gasteiger partial charge in [0.25, 0.3) is 0 Å². The monoisotopic (exact) mass is 486 g/mol. The van der Waals surface area contributed by atoms with Crippen molar-refractivity contribution in [2.45, 2.75) is 36.6 Å². The molecule has 1 fully saturated rings. The normalized spacial score (nSPS) is 14.8. The van der Waals surface area contributed by atoms with Crippen molar-refractivity contribution < 1.29 is 24.1 Å². The number of benzene rings is 1. The predicted octanol–water partition coefficient (Wildman–Crippen LogP) is 3.30. The van der Waals surface area contributed by atoms with E-state index in [4.69, 9.17) is 18.9 Å². The van der Waals surface area contributed by atoms with Crippen LogP contribution in [0.3, 0.4) is 0 Å². The van der Waals surface area contributed by atoms with E-state index >= 15 is 0 Å². The fraction of sp³-hybridized carbons (Fsp3) is 0.440. The number of methoxy groups -OCH3 is 3. The Morgan fingerprint density at radius 3 is 2.41 bits per heavy atom. The lowest BCUT2D eigenvalue weighted by Crippen LogP contribution is -2.32. The molecule has 0 spiro atoms. The molecule has 0 amide bonds. The molecule has 0 N–H and O–H groups in total. The number of nitrogens with zero attached hydrogens (tertiary/aromatic N) is 2. The molecule has 1 aromatic carbocycles. The Labute approximate surface area is 201 Å². The van der Waals surface area contributed by atoms with Crippen LogP contribution in [0, 0.1) is 0 Å². The van der Waals surface area contributed by atoms with E-state index in [0.29, 0.717) is 51.3 Å². The molecule has 0 saturated heterocycles. The molecule has 9 heteroatoms. The van der Waals surface area contributed by atoms with E-state index in [0.717, 1.165) is 25.7 Å². The van der Waals surface area contributed by atoms with E-state index in [1.807, 2.05) is 6.26 Å². The number of pyridine rings is 2. The molecule has 8 nitrogen and oxygen atoms in total. The van der Waals surface area contributed by atoms with E-state index in [1.54, 1.807) is 56.4 Å². The number of aromatic nitrogens is 2. The van der Waals surface area contributed by atoms with E-state index in [1.165, 1.54) is 0 Å². The van der Waals surface area contributed by atoms with Crippen molar-refractivity contribution >= 4 is 21.9 Å². The summed E-state index contributed by atoms with van der Waals surface area (Å²) >= 11 is 0. The van der Waals surface area contributed by atoms with Crippen molar-refractivity contribution in [1.29, 1.82) is 0 Å². The summed E-state index contributed by atoms with van der Waals surface area (Å²) < 4.78 is 23.8. The Kier molecular flexibility index (Phi) is 7.41. The van der Waals surface area contributed by atoms with Gasteiger partial charge in [0.1, 0.15) is 30.0 Å². The zero-order chi connectivity index (χ0) is 24.2. The summed E-state index contributed by atoms with van der Waals surface area (Å²) in [4.78, 5) is 18.3. The molecular formula is C25H30N2O6S. The van der Waals surface area contributed by atoms with Gasteiger partial charge in [-0.3, -0.25) is 9.36 Å². The lowest BCUT2D eigenvalue weighted by atomic mass is 10.2. The molecule has 0 radical (unpaired) electrons. The third-order valence-electron chi connectivity index (χ3n) is 6.21. The Morgan fingerprint density at radius 1 is 1.12 bits per heavy atom. The lowest BCUT2D eigenvalue weighted by molar-refractivity contribution is -0.270. The minimum absolute atomic E-state index is 0.0942. The number of fused-ring (bicyclic) bond motifs is 1. The van der Waals surface area contributed by atoms with Gasteiger partial charge in [0, 0.05) is 40.7 Å². The fourth-order valence-electron chi connectivity index (χ4n) is 4.53. The Morgan fingerprint density at radius 2 is 1.79 bits per heavy atom. The minimum atomic E-state index is -0.603. The van der Waals surface area contributed by atoms with Crippen LogP contribution < -0.4 is 29.6 Å². The summed E-state index contributed by atoms with van der Waals surface area (Å²) in [5.41, 5.74) is 0.292. The highest BCUT2D eigenvalue weighted by Crippen LogP contribution is 2.41. The molecule has 1 aliphatic carbocycles. The maximum Gasteiger partial charge on any atom is 0.307 e. The molecule has 0 aliphatic heterocycles. The average molecular weight is 487 g/mol. The largest absolute Gasteiger partial charge is 0.868 e. The van der Waals surface area contributed by atoms with Crippen LogP contribution in [0.15, 0.2) is 40.2 Å². The molecule has 1 saturated carbocycles. The van der Waals surface area contributed by atoms with Crippen LogP contribution in [0.1, 0.15) is 31.7 Å². The van der Waals surface area contributed by atoms with Gasteiger partial charge in [-0.1, -0.05) is 18.9 Å². The molecule has 1 aliphatic rings. The van der Waals surface area contributed by atoms with Crippen molar-refractivity contribution in [2.75, 3.05) is 39.9 Å². The smallest absolute Gasteiger partial charge is 0.307 e. The van der Waals surface area contributed by atoms with Gasteiger partial charge in [-0.15, -0.1) is 0 Å². The van der Waals surface area contributed by atoms with Gasteiger partial charge in [0.2, 0.25) is 10.6 Å². The predicted molar refractivity (Wildman–Crippen MR) is 131 cm³/mol. The third kappa shape index (κ3) is 4.49. The van der Waals surface area contributed by atoms with Crippen molar-refractivity contribution in [1.82, 2.24) is 9.55 Å². The first kappa shape index (κ1) is 24.1. The summed E-state index contributed by atoms with van der Waals surface area (Å²) in [5.74, 6) is 2.34. The van der Waals surface area contributed by atoms with Gasteiger partial charge in [0.15, 0.2) is 11.5 Å². The van der Waals surface area contributed by atoms with Gasteiger partial charge >= 0.3 is 5.56 Å². The van der Waals surface area contributed by atoms with Crippen LogP contribution in [0.2, 0.25) is 0 Å². The SMILES string of the molecule is COc1cc(OCC[S+](C)c2c([O-])c3cccnc3n(C3CCCC3)c2=O)cc(OC)c1OC. The van der Waals surface area contributed by atoms with Gasteiger partial charge in [0.05, 0.1) is 21.3 Å². The zero-order valence-electron chi connectivity index (χ0n) is 20.0. The lowest BCUT2D eigenvalue weighted by Gasteiger charge is -2.21. The zero-order valence-corrected chi connectivity index (χ0v) is 20.8. The highest BCUT2D eigenvalue weighted by Gasteiger charge is 2.29. The average Bonchev–Trinajstić information content (AvgIpc) is 3.38. The van der Waals surface area contributed by atoms with Crippen LogP contribution in [0.5, 0.6) is 28.7 Å². The second-order valence-corrected chi connectivity index (χ2v) is 10.3. The minimum Gasteiger partial charge on any atom is -0.868 e. The van der Waals surface area contributed by atoms with Crippen molar-refractivity contribution in [3.63, 3.8) is 0 Å². The van der Waals surface area contributed by atoms with E-state index < -0.39 is 10.9 Å². The first-order valence-electron chi connectivity index (χ1n) is 11.3. The maximum atomic E-state index is 13.5. The van der Waals surface area contributed by atoms with Crippen molar-refractivity contribution in [3.05, 3.63) is 40.8 Å². The van der Waals surface area contributed by atoms with Crippen LogP contribution in [0.25, 0.3) is 11.0 Å². The highest BCUT2D eigenvalue weighted by molar-refractivity contribution is 7.96. The molecule has 0 bridgehead atoms. The molecule has 2 heterocycles. The Bertz CT molecular complexity index is 1200. The second-order valence-electron chi connectivity index (χ2n) is 8.20. The second kappa shape index (κ2) is 10.5. The van der Waals surface area contributed by atoms with Gasteiger partial charge < -0.3 is 24.1 Å². The van der Waals surface area contributed by atoms with Crippen molar-refractivity contribution in [2.24, 2.45) is 0 Å². The summed E-state index contributed by atoms with van der Waals surface area (Å²) in [7, 11) is 4.03. The molecule has 1 unspecified atom stereocenters. The van der Waals surface area contributed by atoms with Crippen LogP contribution in [-0.2, 0) is 10.9 Å². The first-order chi connectivity index (χ1) is 16.5.